The quantitative estimate of drug-likeness (QED) is 0.534. The van der Waals surface area contributed by atoms with Crippen molar-refractivity contribution < 1.29 is 23.8 Å². The summed E-state index contributed by atoms with van der Waals surface area (Å²) >= 11 is 0.984. The van der Waals surface area contributed by atoms with E-state index in [1.807, 2.05) is 0 Å². The molecule has 0 atom stereocenters. The van der Waals surface area contributed by atoms with E-state index in [4.69, 9.17) is 4.74 Å². The van der Waals surface area contributed by atoms with Gasteiger partial charge in [-0.15, -0.1) is 0 Å². The first kappa shape index (κ1) is 22.5. The Morgan fingerprint density at radius 1 is 1.26 bits per heavy atom. The van der Waals surface area contributed by atoms with Crippen LogP contribution in [0.3, 0.4) is 0 Å². The maximum Gasteiger partial charge on any atom is 0.341 e. The normalized spacial score (nSPS) is 17.1. The van der Waals surface area contributed by atoms with Crippen LogP contribution in [0.1, 0.15) is 36.0 Å². The summed E-state index contributed by atoms with van der Waals surface area (Å²) < 4.78 is 25.6. The molecule has 0 aromatic carbocycles. The molecular weight excluding hydrogens is 465 g/mol. The lowest BCUT2D eigenvalue weighted by molar-refractivity contribution is -0.124. The van der Waals surface area contributed by atoms with Crippen LogP contribution in [0, 0.1) is 17.7 Å². The van der Waals surface area contributed by atoms with Gasteiger partial charge in [-0.1, -0.05) is 0 Å². The zero-order valence-corrected chi connectivity index (χ0v) is 19.0. The van der Waals surface area contributed by atoms with Gasteiger partial charge in [-0.2, -0.15) is 4.37 Å². The molecule has 2 aliphatic heterocycles. The van der Waals surface area contributed by atoms with Crippen molar-refractivity contribution in [3.63, 3.8) is 0 Å². The number of aromatic carboxylic acids is 1. The zero-order valence-electron chi connectivity index (χ0n) is 18.1. The van der Waals surface area contributed by atoms with Gasteiger partial charge in [0, 0.05) is 50.5 Å². The lowest BCUT2D eigenvalue weighted by Gasteiger charge is -2.39. The van der Waals surface area contributed by atoms with E-state index in [-0.39, 0.29) is 28.6 Å². The predicted molar refractivity (Wildman–Crippen MR) is 121 cm³/mol. The highest BCUT2D eigenvalue weighted by atomic mass is 32.1. The molecule has 2 fully saturated rings. The summed E-state index contributed by atoms with van der Waals surface area (Å²) in [5, 5.41) is 9.54. The molecule has 0 spiro atoms. The number of carboxylic acids is 1. The van der Waals surface area contributed by atoms with Crippen molar-refractivity contribution in [2.45, 2.75) is 25.7 Å². The summed E-state index contributed by atoms with van der Waals surface area (Å²) in [6.45, 7) is 2.19. The number of hydrogen-bond donors (Lipinski definition) is 1. The molecule has 1 N–H and O–H groups in total. The second-order valence-corrected chi connectivity index (χ2v) is 9.36. The number of aromatic nitrogens is 4. The Kier molecular flexibility index (Phi) is 6.09. The van der Waals surface area contributed by atoms with Gasteiger partial charge in [0.15, 0.2) is 17.3 Å². The van der Waals surface area contributed by atoms with E-state index in [1.54, 1.807) is 4.90 Å². The van der Waals surface area contributed by atoms with Crippen LogP contribution in [-0.4, -0.2) is 62.1 Å². The summed E-state index contributed by atoms with van der Waals surface area (Å²) in [6.07, 6.45) is 5.74. The van der Waals surface area contributed by atoms with Gasteiger partial charge in [0.2, 0.25) is 10.6 Å². The molecule has 5 rings (SSSR count). The minimum absolute atomic E-state index is 0.0155. The first-order valence-corrected chi connectivity index (χ1v) is 11.8. The van der Waals surface area contributed by atoms with E-state index >= 15 is 0 Å². The smallest absolute Gasteiger partial charge is 0.341 e. The molecule has 2 saturated heterocycles. The number of halogens is 1. The van der Waals surface area contributed by atoms with Crippen molar-refractivity contribution in [2.24, 2.45) is 11.8 Å². The number of ether oxygens (including phenoxy) is 1. The van der Waals surface area contributed by atoms with Gasteiger partial charge in [0.1, 0.15) is 17.7 Å². The molecule has 34 heavy (non-hydrogen) atoms. The molecule has 178 valence electrons. The van der Waals surface area contributed by atoms with Crippen LogP contribution >= 0.6 is 11.5 Å². The van der Waals surface area contributed by atoms with Crippen LogP contribution in [0.4, 0.5) is 10.2 Å². The van der Waals surface area contributed by atoms with Crippen LogP contribution < -0.4 is 10.3 Å². The van der Waals surface area contributed by atoms with E-state index in [0.29, 0.717) is 30.6 Å². The van der Waals surface area contributed by atoms with Gasteiger partial charge in [0.05, 0.1) is 11.3 Å². The van der Waals surface area contributed by atoms with Crippen LogP contribution in [0.15, 0.2) is 23.4 Å². The summed E-state index contributed by atoms with van der Waals surface area (Å²) in [5.41, 5.74) is -1.26. The van der Waals surface area contributed by atoms with Crippen molar-refractivity contribution in [2.75, 3.05) is 31.2 Å². The number of carbonyl (C=O) groups is 2. The molecule has 3 aromatic rings. The maximum absolute atomic E-state index is 15.0. The topological polar surface area (TPSA) is 128 Å². The van der Waals surface area contributed by atoms with E-state index < -0.39 is 22.8 Å². The second-order valence-electron chi connectivity index (χ2n) is 8.60. The highest BCUT2D eigenvalue weighted by molar-refractivity contribution is 7.08. The number of carboxylic acid groups (broad SMARTS) is 1. The van der Waals surface area contributed by atoms with Gasteiger partial charge in [0.25, 0.3) is 0 Å². The fourth-order valence-corrected chi connectivity index (χ4v) is 4.96. The molecule has 0 unspecified atom stereocenters. The van der Waals surface area contributed by atoms with Gasteiger partial charge < -0.3 is 14.7 Å². The average molecular weight is 488 g/mol. The molecule has 3 aromatic heterocycles. The first-order valence-electron chi connectivity index (χ1n) is 11.0. The molecule has 2 aliphatic rings. The number of anilines is 1. The van der Waals surface area contributed by atoms with Gasteiger partial charge in [-0.3, -0.25) is 14.2 Å². The standard InChI is InChI=1S/C22H22FN5O5S/c23-16-7-14-18(30)15(21(31)32)10-28(22-24-11-25-34-22)19(14)26-20(16)27-8-13(9-27)17(29)2-1-12-3-5-33-6-4-12/h7,10-13H,1-6,8-9H2,(H,31,32). The van der Waals surface area contributed by atoms with Gasteiger partial charge >= 0.3 is 5.97 Å². The summed E-state index contributed by atoms with van der Waals surface area (Å²) in [4.78, 5) is 46.9. The second kappa shape index (κ2) is 9.18. The summed E-state index contributed by atoms with van der Waals surface area (Å²) in [5.74, 6) is -1.66. The third-order valence-electron chi connectivity index (χ3n) is 6.48. The lowest BCUT2D eigenvalue weighted by atomic mass is 9.88. The van der Waals surface area contributed by atoms with Crippen molar-refractivity contribution in [3.8, 4) is 5.13 Å². The maximum atomic E-state index is 15.0. The van der Waals surface area contributed by atoms with E-state index in [2.05, 4.69) is 14.3 Å². The monoisotopic (exact) mass is 487 g/mol. The van der Waals surface area contributed by atoms with Gasteiger partial charge in [-0.05, 0) is 31.2 Å². The Balaban J connectivity index is 1.38. The molecule has 0 bridgehead atoms. The van der Waals surface area contributed by atoms with Gasteiger partial charge in [-0.25, -0.2) is 19.2 Å². The van der Waals surface area contributed by atoms with Crippen LogP contribution in [-0.2, 0) is 9.53 Å². The largest absolute Gasteiger partial charge is 0.477 e. The molecule has 12 heteroatoms. The van der Waals surface area contributed by atoms with Crippen LogP contribution in [0.2, 0.25) is 0 Å². The van der Waals surface area contributed by atoms with Crippen molar-refractivity contribution in [1.82, 2.24) is 18.9 Å². The number of fused-ring (bicyclic) bond motifs is 1. The molecule has 10 nitrogen and oxygen atoms in total. The number of Topliss-reactive ketones (excluding diaryl/α,β-unsaturated/α-hetero) is 1. The van der Waals surface area contributed by atoms with Crippen molar-refractivity contribution in [3.05, 3.63) is 40.2 Å². The first-order chi connectivity index (χ1) is 16.4. The molecular formula is C22H22FN5O5S. The molecule has 5 heterocycles. The number of pyridine rings is 2. The Bertz CT molecular complexity index is 1300. The Morgan fingerprint density at radius 2 is 2.03 bits per heavy atom. The molecule has 0 aliphatic carbocycles. The highest BCUT2D eigenvalue weighted by Gasteiger charge is 2.35. The fraction of sp³-hybridized carbons (Fsp3) is 0.455. The average Bonchev–Trinajstić information content (AvgIpc) is 3.33. The molecule has 0 amide bonds. The summed E-state index contributed by atoms with van der Waals surface area (Å²) in [7, 11) is 0. The minimum Gasteiger partial charge on any atom is -0.477 e. The molecule has 0 saturated carbocycles. The number of carbonyl (C=O) groups excluding carboxylic acids is 1. The van der Waals surface area contributed by atoms with E-state index in [1.165, 1.54) is 10.9 Å². The zero-order chi connectivity index (χ0) is 23.8. The number of hydrogen-bond acceptors (Lipinski definition) is 9. The fourth-order valence-electron chi connectivity index (χ4n) is 4.45. The van der Waals surface area contributed by atoms with Crippen LogP contribution in [0.25, 0.3) is 16.2 Å². The van der Waals surface area contributed by atoms with Crippen molar-refractivity contribution >= 4 is 40.1 Å². The number of nitrogens with zero attached hydrogens (tertiary/aromatic N) is 5. The minimum atomic E-state index is -1.43. The Hall–Kier alpha value is -3.25. The molecule has 0 radical (unpaired) electrons. The summed E-state index contributed by atoms with van der Waals surface area (Å²) in [6, 6.07) is 1.00. The third-order valence-corrected chi connectivity index (χ3v) is 7.14. The van der Waals surface area contributed by atoms with E-state index in [0.717, 1.165) is 56.3 Å². The Morgan fingerprint density at radius 3 is 2.71 bits per heavy atom. The highest BCUT2D eigenvalue weighted by Crippen LogP contribution is 2.30. The van der Waals surface area contributed by atoms with Crippen LogP contribution in [0.5, 0.6) is 0 Å². The van der Waals surface area contributed by atoms with E-state index in [9.17, 15) is 23.9 Å². The predicted octanol–water partition coefficient (Wildman–Crippen LogP) is 2.29. The SMILES string of the molecule is O=C(O)c1cn(-c2ncns2)c2nc(N3CC(C(=O)CCC4CCOCC4)C3)c(F)cc2c1=O. The Labute approximate surface area is 197 Å². The lowest BCUT2D eigenvalue weighted by Crippen LogP contribution is -2.51. The number of ketones is 1. The van der Waals surface area contributed by atoms with Crippen molar-refractivity contribution in [1.29, 1.82) is 0 Å². The number of rotatable bonds is 7. The third kappa shape index (κ3) is 4.18.